The predicted molar refractivity (Wildman–Crippen MR) is 106 cm³/mol. The van der Waals surface area contributed by atoms with E-state index in [1.807, 2.05) is 36.6 Å². The molecule has 6 nitrogen and oxygen atoms in total. The molecule has 27 heavy (non-hydrogen) atoms. The summed E-state index contributed by atoms with van der Waals surface area (Å²) < 4.78 is 19.4. The van der Waals surface area contributed by atoms with Crippen molar-refractivity contribution in [2.45, 2.75) is 20.4 Å². The lowest BCUT2D eigenvalue weighted by molar-refractivity contribution is 0.0992. The third kappa shape index (κ3) is 3.55. The molecule has 0 atom stereocenters. The number of rotatable bonds is 6. The first kappa shape index (κ1) is 19.0. The number of thiazole rings is 1. The third-order valence-electron chi connectivity index (χ3n) is 4.12. The van der Waals surface area contributed by atoms with Crippen LogP contribution in [0.4, 0.5) is 0 Å². The highest BCUT2D eigenvalue weighted by atomic mass is 32.1. The number of aryl methyl sites for hydroxylation is 1. The number of carbonyl (C=O) groups is 1. The molecule has 3 rings (SSSR count). The first-order valence-corrected chi connectivity index (χ1v) is 9.51. The Bertz CT molecular complexity index is 1010. The second-order valence-corrected chi connectivity index (χ2v) is 6.63. The molecule has 0 aliphatic heterocycles. The van der Waals surface area contributed by atoms with Crippen molar-refractivity contribution >= 4 is 27.5 Å². The summed E-state index contributed by atoms with van der Waals surface area (Å²) in [4.78, 5) is 18.0. The van der Waals surface area contributed by atoms with Gasteiger partial charge in [-0.2, -0.15) is 4.99 Å². The minimum absolute atomic E-state index is 0.313. The van der Waals surface area contributed by atoms with E-state index in [1.54, 1.807) is 18.2 Å². The van der Waals surface area contributed by atoms with Crippen LogP contribution < -0.4 is 19.0 Å². The molecule has 3 aromatic rings. The predicted octanol–water partition coefficient (Wildman–Crippen LogP) is 3.88. The maximum Gasteiger partial charge on any atom is 0.287 e. The van der Waals surface area contributed by atoms with Crippen molar-refractivity contribution in [3.05, 3.63) is 46.8 Å². The van der Waals surface area contributed by atoms with Crippen LogP contribution in [0.5, 0.6) is 17.2 Å². The molecule has 1 aromatic heterocycles. The van der Waals surface area contributed by atoms with Crippen LogP contribution in [-0.2, 0) is 6.54 Å². The number of carbonyl (C=O) groups excluding carboxylic acids is 1. The molecular weight excluding hydrogens is 364 g/mol. The van der Waals surface area contributed by atoms with E-state index in [9.17, 15) is 4.79 Å². The lowest BCUT2D eigenvalue weighted by Crippen LogP contribution is -2.17. The molecule has 1 amide bonds. The average molecular weight is 386 g/mol. The molecular formula is C20H22N2O4S. The van der Waals surface area contributed by atoms with Crippen molar-refractivity contribution in [2.75, 3.05) is 20.8 Å². The van der Waals surface area contributed by atoms with Gasteiger partial charge in [0.1, 0.15) is 28.3 Å². The summed E-state index contributed by atoms with van der Waals surface area (Å²) in [5.41, 5.74) is 1.26. The molecule has 0 saturated carbocycles. The number of benzene rings is 2. The summed E-state index contributed by atoms with van der Waals surface area (Å²) in [6, 6.07) is 11.1. The van der Waals surface area contributed by atoms with Gasteiger partial charge in [-0.1, -0.05) is 23.5 Å². The van der Waals surface area contributed by atoms with E-state index in [-0.39, 0.29) is 0 Å². The van der Waals surface area contributed by atoms with Crippen molar-refractivity contribution in [1.29, 1.82) is 0 Å². The second-order valence-electron chi connectivity index (χ2n) is 5.62. The van der Waals surface area contributed by atoms with Crippen LogP contribution in [0.25, 0.3) is 10.2 Å². The second kappa shape index (κ2) is 8.26. The van der Waals surface area contributed by atoms with Gasteiger partial charge in [0.25, 0.3) is 5.91 Å². The molecule has 0 saturated heterocycles. The number of hydrogen-bond donors (Lipinski definition) is 0. The first-order chi connectivity index (χ1) is 13.1. The number of nitrogens with zero attached hydrogens (tertiary/aromatic N) is 2. The highest BCUT2D eigenvalue weighted by Crippen LogP contribution is 2.30. The summed E-state index contributed by atoms with van der Waals surface area (Å²) in [6.07, 6.45) is 0. The first-order valence-electron chi connectivity index (χ1n) is 8.69. The summed E-state index contributed by atoms with van der Waals surface area (Å²) in [5, 5.41) is 0. The van der Waals surface area contributed by atoms with Gasteiger partial charge >= 0.3 is 0 Å². The Morgan fingerprint density at radius 2 is 1.67 bits per heavy atom. The quantitative estimate of drug-likeness (QED) is 0.645. The van der Waals surface area contributed by atoms with Crippen LogP contribution in [0.2, 0.25) is 0 Å². The van der Waals surface area contributed by atoms with Gasteiger partial charge in [-0.05, 0) is 38.1 Å². The van der Waals surface area contributed by atoms with Gasteiger partial charge in [0.05, 0.1) is 25.5 Å². The van der Waals surface area contributed by atoms with Gasteiger partial charge in [0.2, 0.25) is 0 Å². The minimum Gasteiger partial charge on any atom is -0.496 e. The lowest BCUT2D eigenvalue weighted by atomic mass is 10.1. The van der Waals surface area contributed by atoms with E-state index in [2.05, 4.69) is 4.99 Å². The molecule has 1 heterocycles. The normalized spacial score (nSPS) is 11.6. The Morgan fingerprint density at radius 1 is 1.04 bits per heavy atom. The standard InChI is InChI=1S/C20H22N2O4S/c1-5-22-18-15(26-6-2)11-8-12-16(18)27-20(22)21-19(23)17-13(24-3)9-7-10-14(17)25-4/h7-12H,5-6H2,1-4H3. The van der Waals surface area contributed by atoms with Crippen LogP contribution in [0.3, 0.4) is 0 Å². The van der Waals surface area contributed by atoms with Crippen molar-refractivity contribution in [3.63, 3.8) is 0 Å². The molecule has 0 bridgehead atoms. The van der Waals surface area contributed by atoms with Crippen LogP contribution in [-0.4, -0.2) is 31.3 Å². The lowest BCUT2D eigenvalue weighted by Gasteiger charge is -2.10. The Morgan fingerprint density at radius 3 is 2.26 bits per heavy atom. The van der Waals surface area contributed by atoms with Gasteiger partial charge in [0, 0.05) is 6.54 Å². The number of aromatic nitrogens is 1. The Hall–Kier alpha value is -2.80. The highest BCUT2D eigenvalue weighted by Gasteiger charge is 2.19. The zero-order valence-electron chi connectivity index (χ0n) is 15.8. The Balaban J connectivity index is 2.20. The summed E-state index contributed by atoms with van der Waals surface area (Å²) in [7, 11) is 3.04. The van der Waals surface area contributed by atoms with Gasteiger partial charge in [-0.3, -0.25) is 4.79 Å². The molecule has 0 radical (unpaired) electrons. The number of para-hydroxylation sites is 1. The van der Waals surface area contributed by atoms with Crippen LogP contribution in [0.15, 0.2) is 41.4 Å². The molecule has 0 aliphatic rings. The monoisotopic (exact) mass is 386 g/mol. The molecule has 0 spiro atoms. The van der Waals surface area contributed by atoms with E-state index < -0.39 is 5.91 Å². The number of amides is 1. The fourth-order valence-corrected chi connectivity index (χ4v) is 4.06. The van der Waals surface area contributed by atoms with Crippen molar-refractivity contribution < 1.29 is 19.0 Å². The fraction of sp³-hybridized carbons (Fsp3) is 0.300. The Labute approximate surface area is 161 Å². The number of fused-ring (bicyclic) bond motifs is 1. The van der Waals surface area contributed by atoms with E-state index in [0.717, 1.165) is 16.0 Å². The fourth-order valence-electron chi connectivity index (χ4n) is 2.95. The Kier molecular flexibility index (Phi) is 5.81. The molecule has 7 heteroatoms. The van der Waals surface area contributed by atoms with Gasteiger partial charge < -0.3 is 18.8 Å². The summed E-state index contributed by atoms with van der Waals surface area (Å²) in [5.74, 6) is 1.25. The van der Waals surface area contributed by atoms with E-state index in [1.165, 1.54) is 25.6 Å². The number of hydrogen-bond acceptors (Lipinski definition) is 5. The topological polar surface area (TPSA) is 62.1 Å². The zero-order valence-corrected chi connectivity index (χ0v) is 16.6. The van der Waals surface area contributed by atoms with Gasteiger partial charge in [0.15, 0.2) is 4.80 Å². The zero-order chi connectivity index (χ0) is 19.4. The van der Waals surface area contributed by atoms with Crippen LogP contribution in [0, 0.1) is 0 Å². The molecule has 0 fully saturated rings. The highest BCUT2D eigenvalue weighted by molar-refractivity contribution is 7.16. The van der Waals surface area contributed by atoms with E-state index in [4.69, 9.17) is 14.2 Å². The van der Waals surface area contributed by atoms with Gasteiger partial charge in [-0.15, -0.1) is 0 Å². The smallest absolute Gasteiger partial charge is 0.287 e. The number of ether oxygens (including phenoxy) is 3. The van der Waals surface area contributed by atoms with E-state index >= 15 is 0 Å². The van der Waals surface area contributed by atoms with E-state index in [0.29, 0.717) is 35.0 Å². The van der Waals surface area contributed by atoms with Crippen molar-refractivity contribution in [3.8, 4) is 17.2 Å². The largest absolute Gasteiger partial charge is 0.496 e. The minimum atomic E-state index is -0.406. The number of methoxy groups -OCH3 is 2. The maximum absolute atomic E-state index is 13.0. The SMILES string of the molecule is CCOc1cccc2sc(=NC(=O)c3c(OC)cccc3OC)n(CC)c12. The maximum atomic E-state index is 13.0. The molecule has 0 N–H and O–H groups in total. The van der Waals surface area contributed by atoms with Crippen LogP contribution >= 0.6 is 11.3 Å². The third-order valence-corrected chi connectivity index (χ3v) is 5.16. The summed E-state index contributed by atoms with van der Waals surface area (Å²) >= 11 is 1.45. The van der Waals surface area contributed by atoms with Gasteiger partial charge in [-0.25, -0.2) is 0 Å². The van der Waals surface area contributed by atoms with Crippen molar-refractivity contribution in [1.82, 2.24) is 4.57 Å². The molecule has 0 aliphatic carbocycles. The average Bonchev–Trinajstić information content (AvgIpc) is 3.05. The molecule has 142 valence electrons. The van der Waals surface area contributed by atoms with Crippen LogP contribution in [0.1, 0.15) is 24.2 Å². The molecule has 2 aromatic carbocycles. The van der Waals surface area contributed by atoms with Crippen molar-refractivity contribution in [2.24, 2.45) is 4.99 Å². The summed E-state index contributed by atoms with van der Waals surface area (Å²) in [6.45, 7) is 5.20. The molecule has 0 unspecified atom stereocenters.